The molecule has 3 aliphatic rings. The van der Waals surface area contributed by atoms with Crippen LogP contribution >= 0.6 is 11.8 Å². The van der Waals surface area contributed by atoms with Gasteiger partial charge in [0.15, 0.2) is 0 Å². The molecule has 3 aliphatic heterocycles. The highest BCUT2D eigenvalue weighted by Crippen LogP contribution is 2.54. The van der Waals surface area contributed by atoms with Crippen LogP contribution in [0.1, 0.15) is 38.7 Å². The van der Waals surface area contributed by atoms with E-state index in [-0.39, 0.29) is 4.87 Å². The van der Waals surface area contributed by atoms with E-state index in [1.165, 1.54) is 5.56 Å². The molecule has 130 valence electrons. The number of carbonyl (C=O) groups is 1. The first-order chi connectivity index (χ1) is 11.6. The molecule has 0 aromatic heterocycles. The number of nitrogens with zero attached hydrogens (tertiary/aromatic N) is 2. The van der Waals surface area contributed by atoms with E-state index in [4.69, 9.17) is 0 Å². The van der Waals surface area contributed by atoms with Crippen LogP contribution in [0.3, 0.4) is 0 Å². The third-order valence-electron chi connectivity index (χ3n) is 6.14. The summed E-state index contributed by atoms with van der Waals surface area (Å²) in [7, 11) is 0. The van der Waals surface area contributed by atoms with E-state index in [0.29, 0.717) is 23.8 Å². The first kappa shape index (κ1) is 16.5. The molecule has 3 heterocycles. The maximum atomic E-state index is 12.7. The zero-order chi connectivity index (χ0) is 16.7. The first-order valence-electron chi connectivity index (χ1n) is 9.32. The van der Waals surface area contributed by atoms with E-state index in [0.717, 1.165) is 44.6 Å². The number of hydrogen-bond donors (Lipinski definition) is 0. The van der Waals surface area contributed by atoms with Crippen LogP contribution in [0.2, 0.25) is 0 Å². The third kappa shape index (κ3) is 2.68. The molecule has 3 saturated heterocycles. The number of carbonyl (C=O) groups excluding carboxylic acids is 1. The van der Waals surface area contributed by atoms with Gasteiger partial charge in [0.1, 0.15) is 0 Å². The van der Waals surface area contributed by atoms with Gasteiger partial charge in [-0.25, -0.2) is 0 Å². The molecule has 3 nitrogen and oxygen atoms in total. The second-order valence-corrected chi connectivity index (χ2v) is 9.27. The van der Waals surface area contributed by atoms with E-state index in [2.05, 4.69) is 65.7 Å². The summed E-state index contributed by atoms with van der Waals surface area (Å²) in [4.78, 5) is 17.7. The molecule has 1 spiro atoms. The van der Waals surface area contributed by atoms with Crippen molar-refractivity contribution in [2.24, 2.45) is 11.8 Å². The van der Waals surface area contributed by atoms with Crippen LogP contribution in [0.4, 0.5) is 0 Å². The lowest BCUT2D eigenvalue weighted by Crippen LogP contribution is -2.63. The minimum Gasteiger partial charge on any atom is -0.324 e. The molecule has 3 atom stereocenters. The molecule has 0 saturated carbocycles. The predicted octanol–water partition coefficient (Wildman–Crippen LogP) is 3.60. The fourth-order valence-electron chi connectivity index (χ4n) is 4.84. The van der Waals surface area contributed by atoms with E-state index in [1.807, 2.05) is 0 Å². The molecule has 0 bridgehead atoms. The van der Waals surface area contributed by atoms with Gasteiger partial charge in [-0.15, -0.1) is 11.8 Å². The SMILES string of the molecule is CC(C)[C@H]1CS[C@]23CCN(Cc4ccccc4)C[C@H]2CCC(=O)N13. The van der Waals surface area contributed by atoms with Crippen LogP contribution in [0.5, 0.6) is 0 Å². The summed E-state index contributed by atoms with van der Waals surface area (Å²) in [6.45, 7) is 7.82. The van der Waals surface area contributed by atoms with Gasteiger partial charge in [0, 0.05) is 43.8 Å². The summed E-state index contributed by atoms with van der Waals surface area (Å²) >= 11 is 2.08. The van der Waals surface area contributed by atoms with Crippen molar-refractivity contribution < 1.29 is 4.79 Å². The highest BCUT2D eigenvalue weighted by Gasteiger charge is 2.58. The number of thioether (sulfide) groups is 1. The average Bonchev–Trinajstić information content (AvgIpc) is 2.98. The quantitative estimate of drug-likeness (QED) is 0.837. The monoisotopic (exact) mass is 344 g/mol. The zero-order valence-electron chi connectivity index (χ0n) is 14.8. The number of hydrogen-bond acceptors (Lipinski definition) is 3. The van der Waals surface area contributed by atoms with Gasteiger partial charge in [-0.05, 0) is 24.3 Å². The summed E-state index contributed by atoms with van der Waals surface area (Å²) < 4.78 is 0. The predicted molar refractivity (Wildman–Crippen MR) is 99.7 cm³/mol. The van der Waals surface area contributed by atoms with Gasteiger partial charge >= 0.3 is 0 Å². The average molecular weight is 345 g/mol. The number of rotatable bonds is 3. The largest absolute Gasteiger partial charge is 0.324 e. The Kier molecular flexibility index (Phi) is 4.38. The van der Waals surface area contributed by atoms with Crippen molar-refractivity contribution in [2.75, 3.05) is 18.8 Å². The molecule has 0 aliphatic carbocycles. The summed E-state index contributed by atoms with van der Waals surface area (Å²) in [5.74, 6) is 2.72. The first-order valence-corrected chi connectivity index (χ1v) is 10.3. The van der Waals surface area contributed by atoms with E-state index < -0.39 is 0 Å². The van der Waals surface area contributed by atoms with Gasteiger partial charge in [-0.2, -0.15) is 0 Å². The Bertz CT molecular complexity index is 605. The van der Waals surface area contributed by atoms with E-state index >= 15 is 0 Å². The van der Waals surface area contributed by atoms with Gasteiger partial charge in [0.25, 0.3) is 0 Å². The Hall–Kier alpha value is -1.00. The number of piperidine rings is 2. The molecule has 3 fully saturated rings. The maximum absolute atomic E-state index is 12.7. The second-order valence-electron chi connectivity index (χ2n) is 7.94. The Balaban J connectivity index is 1.52. The van der Waals surface area contributed by atoms with Crippen LogP contribution in [0.25, 0.3) is 0 Å². The minimum atomic E-state index is 0.0947. The highest BCUT2D eigenvalue weighted by molar-refractivity contribution is 8.00. The van der Waals surface area contributed by atoms with Gasteiger partial charge in [-0.3, -0.25) is 9.69 Å². The Morgan fingerprint density at radius 1 is 1.29 bits per heavy atom. The molecular formula is C20H28N2OS. The minimum absolute atomic E-state index is 0.0947. The number of amides is 1. The van der Waals surface area contributed by atoms with Crippen LogP contribution < -0.4 is 0 Å². The third-order valence-corrected chi connectivity index (χ3v) is 7.88. The van der Waals surface area contributed by atoms with Crippen molar-refractivity contribution in [3.8, 4) is 0 Å². The van der Waals surface area contributed by atoms with Crippen molar-refractivity contribution in [3.05, 3.63) is 35.9 Å². The van der Waals surface area contributed by atoms with Crippen molar-refractivity contribution in [3.63, 3.8) is 0 Å². The summed E-state index contributed by atoms with van der Waals surface area (Å²) in [6, 6.07) is 11.2. The smallest absolute Gasteiger partial charge is 0.223 e. The molecule has 1 amide bonds. The van der Waals surface area contributed by atoms with Crippen molar-refractivity contribution in [1.29, 1.82) is 0 Å². The Morgan fingerprint density at radius 2 is 2.08 bits per heavy atom. The molecule has 0 N–H and O–H groups in total. The molecule has 1 aromatic carbocycles. The highest BCUT2D eigenvalue weighted by atomic mass is 32.2. The lowest BCUT2D eigenvalue weighted by molar-refractivity contribution is -0.146. The van der Waals surface area contributed by atoms with Crippen LogP contribution in [0.15, 0.2) is 30.3 Å². The topological polar surface area (TPSA) is 23.6 Å². The Labute approximate surface area is 149 Å². The van der Waals surface area contributed by atoms with Gasteiger partial charge in [-0.1, -0.05) is 44.2 Å². The summed E-state index contributed by atoms with van der Waals surface area (Å²) in [6.07, 6.45) is 2.94. The number of benzene rings is 1. The van der Waals surface area contributed by atoms with Crippen LogP contribution in [0, 0.1) is 11.8 Å². The molecule has 4 rings (SSSR count). The molecule has 0 unspecified atom stereocenters. The summed E-state index contributed by atoms with van der Waals surface area (Å²) in [5.41, 5.74) is 1.40. The second kappa shape index (κ2) is 6.38. The van der Waals surface area contributed by atoms with Crippen molar-refractivity contribution >= 4 is 17.7 Å². The molecule has 24 heavy (non-hydrogen) atoms. The van der Waals surface area contributed by atoms with Crippen molar-refractivity contribution in [1.82, 2.24) is 9.80 Å². The summed E-state index contributed by atoms with van der Waals surface area (Å²) in [5, 5.41) is 0. The lowest BCUT2D eigenvalue weighted by Gasteiger charge is -2.54. The standard InChI is InChI=1S/C20H28N2OS/c1-15(2)18-14-24-20-10-11-21(12-16-6-4-3-5-7-16)13-17(20)8-9-19(23)22(18)20/h3-7,15,17-18H,8-14H2,1-2H3/t17-,18-,20-/m1/s1. The Morgan fingerprint density at radius 3 is 2.83 bits per heavy atom. The van der Waals surface area contributed by atoms with Gasteiger partial charge in [0.2, 0.25) is 5.91 Å². The molecule has 4 heteroatoms. The van der Waals surface area contributed by atoms with Crippen LogP contribution in [-0.2, 0) is 11.3 Å². The number of likely N-dealkylation sites (tertiary alicyclic amines) is 1. The molecule has 0 radical (unpaired) electrons. The maximum Gasteiger partial charge on any atom is 0.223 e. The van der Waals surface area contributed by atoms with Crippen LogP contribution in [-0.4, -0.2) is 45.5 Å². The molecular weight excluding hydrogens is 316 g/mol. The zero-order valence-corrected chi connectivity index (χ0v) is 15.6. The van der Waals surface area contributed by atoms with Gasteiger partial charge in [0.05, 0.1) is 4.87 Å². The van der Waals surface area contributed by atoms with E-state index in [9.17, 15) is 4.79 Å². The lowest BCUT2D eigenvalue weighted by atomic mass is 9.81. The normalized spacial score (nSPS) is 33.6. The van der Waals surface area contributed by atoms with E-state index in [1.54, 1.807) is 0 Å². The van der Waals surface area contributed by atoms with Gasteiger partial charge < -0.3 is 4.90 Å². The fraction of sp³-hybridized carbons (Fsp3) is 0.650. The molecule has 1 aromatic rings. The van der Waals surface area contributed by atoms with Crippen molar-refractivity contribution in [2.45, 2.75) is 50.6 Å². The fourth-order valence-corrected chi connectivity index (χ4v) is 6.87.